The molecule has 0 aromatic heterocycles. The van der Waals surface area contributed by atoms with Crippen molar-refractivity contribution in [2.24, 2.45) is 10.3 Å². The SMILES string of the molecule is Cc1ccc(N2C(=O)C3N=NN(CC(=O)Nc4cccc(F)c4)C3C2=O)cc1C. The first-order valence-electron chi connectivity index (χ1n) is 9.03. The van der Waals surface area contributed by atoms with E-state index in [2.05, 4.69) is 15.7 Å². The number of carbonyl (C=O) groups is 3. The first kappa shape index (κ1) is 18.7. The summed E-state index contributed by atoms with van der Waals surface area (Å²) in [7, 11) is 0. The molecule has 2 atom stereocenters. The molecule has 1 N–H and O–H groups in total. The monoisotopic (exact) mass is 395 g/mol. The predicted octanol–water partition coefficient (Wildman–Crippen LogP) is 2.37. The van der Waals surface area contributed by atoms with Crippen LogP contribution in [0.5, 0.6) is 0 Å². The molecule has 2 aromatic carbocycles. The summed E-state index contributed by atoms with van der Waals surface area (Å²) in [5.74, 6) is -1.93. The average Bonchev–Trinajstić information content (AvgIpc) is 3.18. The summed E-state index contributed by atoms with van der Waals surface area (Å²) < 4.78 is 13.3. The van der Waals surface area contributed by atoms with Crippen molar-refractivity contribution in [3.8, 4) is 0 Å². The molecule has 2 unspecified atom stereocenters. The number of imide groups is 1. The molecule has 0 spiro atoms. The maximum atomic E-state index is 13.3. The van der Waals surface area contributed by atoms with Gasteiger partial charge in [0.2, 0.25) is 5.91 Å². The second kappa shape index (κ2) is 7.08. The molecule has 3 amide bonds. The highest BCUT2D eigenvalue weighted by Crippen LogP contribution is 2.32. The highest BCUT2D eigenvalue weighted by Gasteiger charge is 2.55. The Hall–Kier alpha value is -3.62. The van der Waals surface area contributed by atoms with Crippen LogP contribution < -0.4 is 10.2 Å². The lowest BCUT2D eigenvalue weighted by molar-refractivity contribution is -0.123. The van der Waals surface area contributed by atoms with Crippen LogP contribution in [0.1, 0.15) is 11.1 Å². The van der Waals surface area contributed by atoms with Gasteiger partial charge in [-0.1, -0.05) is 17.4 Å². The van der Waals surface area contributed by atoms with Crippen molar-refractivity contribution < 1.29 is 18.8 Å². The number of amides is 3. The van der Waals surface area contributed by atoms with Gasteiger partial charge < -0.3 is 5.32 Å². The summed E-state index contributed by atoms with van der Waals surface area (Å²) in [6, 6.07) is 8.82. The first-order chi connectivity index (χ1) is 13.8. The molecule has 29 heavy (non-hydrogen) atoms. The van der Waals surface area contributed by atoms with Crippen LogP contribution in [0.4, 0.5) is 15.8 Å². The zero-order valence-corrected chi connectivity index (χ0v) is 15.8. The zero-order valence-electron chi connectivity index (χ0n) is 15.8. The van der Waals surface area contributed by atoms with Crippen LogP contribution in [0.25, 0.3) is 0 Å². The van der Waals surface area contributed by atoms with E-state index >= 15 is 0 Å². The number of carbonyl (C=O) groups excluding carboxylic acids is 3. The summed E-state index contributed by atoms with van der Waals surface area (Å²) in [6.45, 7) is 3.54. The van der Waals surface area contributed by atoms with E-state index in [0.29, 0.717) is 5.69 Å². The minimum absolute atomic E-state index is 0.285. The van der Waals surface area contributed by atoms with Gasteiger partial charge in [0.05, 0.1) is 5.69 Å². The molecule has 2 aromatic rings. The Bertz CT molecular complexity index is 1050. The normalized spacial score (nSPS) is 20.4. The van der Waals surface area contributed by atoms with E-state index in [9.17, 15) is 18.8 Å². The number of hydrogen-bond acceptors (Lipinski definition) is 6. The molecule has 0 radical (unpaired) electrons. The lowest BCUT2D eigenvalue weighted by Crippen LogP contribution is -2.43. The molecule has 2 aliphatic heterocycles. The van der Waals surface area contributed by atoms with Crippen LogP contribution >= 0.6 is 0 Å². The van der Waals surface area contributed by atoms with Crippen LogP contribution in [0.15, 0.2) is 52.8 Å². The number of fused-ring (bicyclic) bond motifs is 1. The van der Waals surface area contributed by atoms with Gasteiger partial charge in [-0.25, -0.2) is 9.29 Å². The third-order valence-electron chi connectivity index (χ3n) is 5.02. The molecule has 0 aliphatic carbocycles. The van der Waals surface area contributed by atoms with Crippen molar-refractivity contribution in [3.05, 3.63) is 59.4 Å². The number of nitrogens with one attached hydrogen (secondary N) is 1. The molecule has 4 rings (SSSR count). The quantitative estimate of drug-likeness (QED) is 0.804. The third kappa shape index (κ3) is 3.35. The molecule has 8 nitrogen and oxygen atoms in total. The Labute approximate surface area is 166 Å². The molecule has 2 heterocycles. The minimum atomic E-state index is -0.980. The fourth-order valence-electron chi connectivity index (χ4n) is 3.39. The Balaban J connectivity index is 1.50. The largest absolute Gasteiger partial charge is 0.324 e. The van der Waals surface area contributed by atoms with E-state index in [1.54, 1.807) is 18.2 Å². The summed E-state index contributed by atoms with van der Waals surface area (Å²) >= 11 is 0. The highest BCUT2D eigenvalue weighted by atomic mass is 19.1. The van der Waals surface area contributed by atoms with Crippen LogP contribution in [0.3, 0.4) is 0 Å². The van der Waals surface area contributed by atoms with E-state index in [0.717, 1.165) is 16.0 Å². The van der Waals surface area contributed by atoms with Gasteiger partial charge in [-0.2, -0.15) is 5.11 Å². The number of hydrogen-bond donors (Lipinski definition) is 1. The Morgan fingerprint density at radius 2 is 1.90 bits per heavy atom. The molecule has 1 saturated heterocycles. The number of rotatable bonds is 4. The second-order valence-electron chi connectivity index (χ2n) is 7.03. The van der Waals surface area contributed by atoms with Gasteiger partial charge in [0, 0.05) is 5.69 Å². The standard InChI is InChI=1S/C20H18FN5O3/c1-11-6-7-15(8-12(11)2)26-19(28)17-18(20(26)29)25(24-23-17)10-16(27)22-14-5-3-4-13(21)9-14/h3-9,17-18H,10H2,1-2H3,(H,22,27). The van der Waals surface area contributed by atoms with Gasteiger partial charge in [-0.05, 0) is 55.3 Å². The predicted molar refractivity (Wildman–Crippen MR) is 103 cm³/mol. The van der Waals surface area contributed by atoms with Crippen LogP contribution in [0, 0.1) is 19.7 Å². The van der Waals surface area contributed by atoms with Gasteiger partial charge >= 0.3 is 0 Å². The average molecular weight is 395 g/mol. The van der Waals surface area contributed by atoms with Crippen molar-refractivity contribution in [1.82, 2.24) is 5.01 Å². The lowest BCUT2D eigenvalue weighted by atomic mass is 10.1. The highest BCUT2D eigenvalue weighted by molar-refractivity contribution is 6.25. The van der Waals surface area contributed by atoms with Crippen molar-refractivity contribution in [2.45, 2.75) is 25.9 Å². The Morgan fingerprint density at radius 3 is 2.62 bits per heavy atom. The maximum Gasteiger partial charge on any atom is 0.263 e. The number of benzene rings is 2. The molecule has 9 heteroatoms. The topological polar surface area (TPSA) is 94.4 Å². The fraction of sp³-hybridized carbons (Fsp3) is 0.250. The number of aryl methyl sites for hydroxylation is 2. The number of nitrogens with zero attached hydrogens (tertiary/aromatic N) is 4. The van der Waals surface area contributed by atoms with Crippen molar-refractivity contribution in [1.29, 1.82) is 0 Å². The first-order valence-corrected chi connectivity index (χ1v) is 9.03. The lowest BCUT2D eigenvalue weighted by Gasteiger charge is -2.20. The molecule has 148 valence electrons. The summed E-state index contributed by atoms with van der Waals surface area (Å²) in [6.07, 6.45) is 0. The molecule has 0 bridgehead atoms. The fourth-order valence-corrected chi connectivity index (χ4v) is 3.39. The molecular formula is C20H18FN5O3. The second-order valence-corrected chi connectivity index (χ2v) is 7.03. The van der Waals surface area contributed by atoms with Crippen molar-refractivity contribution >= 4 is 29.1 Å². The van der Waals surface area contributed by atoms with Gasteiger partial charge in [0.25, 0.3) is 11.8 Å². The molecular weight excluding hydrogens is 377 g/mol. The van der Waals surface area contributed by atoms with Crippen molar-refractivity contribution in [2.75, 3.05) is 16.8 Å². The van der Waals surface area contributed by atoms with E-state index in [1.165, 1.54) is 23.2 Å². The van der Waals surface area contributed by atoms with E-state index in [4.69, 9.17) is 0 Å². The molecule has 2 aliphatic rings. The maximum absolute atomic E-state index is 13.3. The summed E-state index contributed by atoms with van der Waals surface area (Å²) in [5, 5.41) is 11.5. The van der Waals surface area contributed by atoms with Crippen LogP contribution in [0.2, 0.25) is 0 Å². The van der Waals surface area contributed by atoms with Gasteiger partial charge in [0.1, 0.15) is 12.4 Å². The van der Waals surface area contributed by atoms with E-state index < -0.39 is 35.6 Å². The van der Waals surface area contributed by atoms with Gasteiger partial charge in [-0.15, -0.1) is 0 Å². The van der Waals surface area contributed by atoms with E-state index in [1.807, 2.05) is 19.9 Å². The van der Waals surface area contributed by atoms with Gasteiger partial charge in [0.15, 0.2) is 12.1 Å². The number of anilines is 2. The van der Waals surface area contributed by atoms with E-state index in [-0.39, 0.29) is 12.2 Å². The van der Waals surface area contributed by atoms with Crippen molar-refractivity contribution in [3.63, 3.8) is 0 Å². The minimum Gasteiger partial charge on any atom is -0.324 e. The van der Waals surface area contributed by atoms with Crippen LogP contribution in [-0.4, -0.2) is 41.4 Å². The molecule has 1 fully saturated rings. The molecule has 0 saturated carbocycles. The Morgan fingerprint density at radius 1 is 1.10 bits per heavy atom. The third-order valence-corrected chi connectivity index (χ3v) is 5.02. The summed E-state index contributed by atoms with van der Waals surface area (Å²) in [5.41, 5.74) is 2.75. The number of halogens is 1. The van der Waals surface area contributed by atoms with Gasteiger partial charge in [-0.3, -0.25) is 19.4 Å². The van der Waals surface area contributed by atoms with Crippen LogP contribution in [-0.2, 0) is 14.4 Å². The smallest absolute Gasteiger partial charge is 0.263 e. The summed E-state index contributed by atoms with van der Waals surface area (Å²) in [4.78, 5) is 39.1. The zero-order chi connectivity index (χ0) is 20.7. The Kier molecular flexibility index (Phi) is 4.57.